The van der Waals surface area contributed by atoms with E-state index in [2.05, 4.69) is 15.6 Å². The summed E-state index contributed by atoms with van der Waals surface area (Å²) in [5.74, 6) is -0.0689. The molecule has 0 radical (unpaired) electrons. The molecule has 0 saturated heterocycles. The molecule has 0 spiro atoms. The van der Waals surface area contributed by atoms with E-state index in [1.807, 2.05) is 13.0 Å². The highest BCUT2D eigenvalue weighted by atomic mass is 16.2. The molecule has 4 nitrogen and oxygen atoms in total. The predicted molar refractivity (Wildman–Crippen MR) is 58.9 cm³/mol. The van der Waals surface area contributed by atoms with E-state index < -0.39 is 0 Å². The Morgan fingerprint density at radius 1 is 1.53 bits per heavy atom. The summed E-state index contributed by atoms with van der Waals surface area (Å²) < 4.78 is 0. The Labute approximate surface area is 89.1 Å². The average molecular weight is 205 g/mol. The average Bonchev–Trinajstić information content (AvgIpc) is 3.03. The first kappa shape index (κ1) is 9.96. The molecule has 0 bridgehead atoms. The van der Waals surface area contributed by atoms with Gasteiger partial charge in [0.25, 0.3) is 5.91 Å². The molecule has 1 heterocycles. The maximum Gasteiger partial charge on any atom is 0.270 e. The number of hydrogen-bond donors (Lipinski definition) is 2. The van der Waals surface area contributed by atoms with Crippen LogP contribution < -0.4 is 10.6 Å². The maximum atomic E-state index is 11.6. The highest BCUT2D eigenvalue weighted by Gasteiger charge is 2.24. The number of nitrogens with zero attached hydrogens (tertiary/aromatic N) is 1. The van der Waals surface area contributed by atoms with Gasteiger partial charge in [0.15, 0.2) is 0 Å². The number of hydrogen-bond acceptors (Lipinski definition) is 3. The number of amides is 1. The SMILES string of the molecule is CCNc1ccc(C(=O)NC2CC2)nc1. The first-order valence-electron chi connectivity index (χ1n) is 5.30. The van der Waals surface area contributed by atoms with Gasteiger partial charge >= 0.3 is 0 Å². The van der Waals surface area contributed by atoms with E-state index in [1.54, 1.807) is 12.3 Å². The van der Waals surface area contributed by atoms with Crippen LogP contribution in [0.2, 0.25) is 0 Å². The first-order chi connectivity index (χ1) is 7.29. The molecule has 1 aromatic heterocycles. The van der Waals surface area contributed by atoms with Gasteiger partial charge in [-0.05, 0) is 31.9 Å². The highest BCUT2D eigenvalue weighted by molar-refractivity contribution is 5.92. The Bertz CT molecular complexity index is 343. The lowest BCUT2D eigenvalue weighted by Crippen LogP contribution is -2.26. The summed E-state index contributed by atoms with van der Waals surface area (Å²) in [6, 6.07) is 4.00. The third-order valence-corrected chi connectivity index (χ3v) is 2.29. The molecule has 2 rings (SSSR count). The molecule has 15 heavy (non-hydrogen) atoms. The van der Waals surface area contributed by atoms with Crippen molar-refractivity contribution in [2.75, 3.05) is 11.9 Å². The molecule has 1 fully saturated rings. The Morgan fingerprint density at radius 2 is 2.33 bits per heavy atom. The van der Waals surface area contributed by atoms with E-state index in [9.17, 15) is 4.79 Å². The minimum Gasteiger partial charge on any atom is -0.384 e. The lowest BCUT2D eigenvalue weighted by molar-refractivity contribution is 0.0946. The third kappa shape index (κ3) is 2.68. The van der Waals surface area contributed by atoms with E-state index in [-0.39, 0.29) is 5.91 Å². The smallest absolute Gasteiger partial charge is 0.270 e. The van der Waals surface area contributed by atoms with Crippen LogP contribution in [0.5, 0.6) is 0 Å². The van der Waals surface area contributed by atoms with Crippen molar-refractivity contribution in [3.63, 3.8) is 0 Å². The molecule has 1 saturated carbocycles. The van der Waals surface area contributed by atoms with Crippen LogP contribution in [-0.2, 0) is 0 Å². The molecule has 2 N–H and O–H groups in total. The normalized spacial score (nSPS) is 14.7. The fourth-order valence-electron chi connectivity index (χ4n) is 1.32. The van der Waals surface area contributed by atoms with Crippen molar-refractivity contribution in [1.29, 1.82) is 0 Å². The van der Waals surface area contributed by atoms with Gasteiger partial charge < -0.3 is 10.6 Å². The lowest BCUT2D eigenvalue weighted by atomic mass is 10.3. The van der Waals surface area contributed by atoms with Crippen molar-refractivity contribution in [2.24, 2.45) is 0 Å². The van der Waals surface area contributed by atoms with Crippen molar-refractivity contribution in [2.45, 2.75) is 25.8 Å². The summed E-state index contributed by atoms with van der Waals surface area (Å²) in [5.41, 5.74) is 1.43. The van der Waals surface area contributed by atoms with Gasteiger partial charge in [0.05, 0.1) is 11.9 Å². The Balaban J connectivity index is 1.98. The van der Waals surface area contributed by atoms with Gasteiger partial charge in [0, 0.05) is 12.6 Å². The number of carbonyl (C=O) groups excluding carboxylic acids is 1. The van der Waals surface area contributed by atoms with Crippen LogP contribution in [0.15, 0.2) is 18.3 Å². The predicted octanol–water partition coefficient (Wildman–Crippen LogP) is 1.41. The Hall–Kier alpha value is -1.58. The summed E-state index contributed by atoms with van der Waals surface area (Å²) in [5, 5.41) is 6.03. The van der Waals surface area contributed by atoms with Crippen LogP contribution in [0.3, 0.4) is 0 Å². The van der Waals surface area contributed by atoms with E-state index in [4.69, 9.17) is 0 Å². The molecule has 0 aromatic carbocycles. The number of carbonyl (C=O) groups is 1. The molecule has 1 amide bonds. The van der Waals surface area contributed by atoms with Crippen molar-refractivity contribution >= 4 is 11.6 Å². The molecule has 4 heteroatoms. The zero-order valence-electron chi connectivity index (χ0n) is 8.79. The Kier molecular flexibility index (Phi) is 2.85. The summed E-state index contributed by atoms with van der Waals surface area (Å²) in [4.78, 5) is 15.7. The van der Waals surface area contributed by atoms with E-state index in [0.717, 1.165) is 25.1 Å². The van der Waals surface area contributed by atoms with Gasteiger partial charge in [0.2, 0.25) is 0 Å². The number of aromatic nitrogens is 1. The third-order valence-electron chi connectivity index (χ3n) is 2.29. The summed E-state index contributed by atoms with van der Waals surface area (Å²) in [7, 11) is 0. The number of anilines is 1. The molecule has 0 aliphatic heterocycles. The van der Waals surface area contributed by atoms with Crippen molar-refractivity contribution in [3.05, 3.63) is 24.0 Å². The van der Waals surface area contributed by atoms with Crippen molar-refractivity contribution < 1.29 is 4.79 Å². The van der Waals surface area contributed by atoms with Crippen molar-refractivity contribution in [3.8, 4) is 0 Å². The number of nitrogens with one attached hydrogen (secondary N) is 2. The molecule has 1 aliphatic carbocycles. The molecular formula is C11H15N3O. The van der Waals surface area contributed by atoms with Crippen LogP contribution in [-0.4, -0.2) is 23.5 Å². The second kappa shape index (κ2) is 4.29. The molecular weight excluding hydrogens is 190 g/mol. The van der Waals surface area contributed by atoms with E-state index in [0.29, 0.717) is 11.7 Å². The topological polar surface area (TPSA) is 54.0 Å². The minimum atomic E-state index is -0.0689. The highest BCUT2D eigenvalue weighted by Crippen LogP contribution is 2.19. The van der Waals surface area contributed by atoms with Gasteiger partial charge in [-0.3, -0.25) is 4.79 Å². The van der Waals surface area contributed by atoms with Gasteiger partial charge in [0.1, 0.15) is 5.69 Å². The number of pyridine rings is 1. The van der Waals surface area contributed by atoms with Gasteiger partial charge in [-0.2, -0.15) is 0 Å². The zero-order chi connectivity index (χ0) is 10.7. The lowest BCUT2D eigenvalue weighted by Gasteiger charge is -2.04. The van der Waals surface area contributed by atoms with Crippen LogP contribution in [0.4, 0.5) is 5.69 Å². The minimum absolute atomic E-state index is 0.0689. The summed E-state index contributed by atoms with van der Waals surface area (Å²) in [6.07, 6.45) is 3.88. The Morgan fingerprint density at radius 3 is 2.87 bits per heavy atom. The van der Waals surface area contributed by atoms with Gasteiger partial charge in [-0.15, -0.1) is 0 Å². The monoisotopic (exact) mass is 205 g/mol. The molecule has 0 atom stereocenters. The quantitative estimate of drug-likeness (QED) is 0.781. The van der Waals surface area contributed by atoms with Crippen molar-refractivity contribution in [1.82, 2.24) is 10.3 Å². The van der Waals surface area contributed by atoms with Crippen LogP contribution in [0.1, 0.15) is 30.3 Å². The molecule has 80 valence electrons. The summed E-state index contributed by atoms with van der Waals surface area (Å²) in [6.45, 7) is 2.88. The fourth-order valence-corrected chi connectivity index (χ4v) is 1.32. The van der Waals surface area contributed by atoms with E-state index in [1.165, 1.54) is 0 Å². The van der Waals surface area contributed by atoms with Crippen LogP contribution in [0, 0.1) is 0 Å². The second-order valence-electron chi connectivity index (χ2n) is 3.71. The fraction of sp³-hybridized carbons (Fsp3) is 0.455. The number of rotatable bonds is 4. The molecule has 1 aromatic rings. The largest absolute Gasteiger partial charge is 0.384 e. The van der Waals surface area contributed by atoms with Gasteiger partial charge in [-0.1, -0.05) is 0 Å². The van der Waals surface area contributed by atoms with E-state index >= 15 is 0 Å². The van der Waals surface area contributed by atoms with Crippen LogP contribution in [0.25, 0.3) is 0 Å². The van der Waals surface area contributed by atoms with Crippen LogP contribution >= 0.6 is 0 Å². The summed E-state index contributed by atoms with van der Waals surface area (Å²) >= 11 is 0. The molecule has 1 aliphatic rings. The maximum absolute atomic E-state index is 11.6. The molecule has 0 unspecified atom stereocenters. The second-order valence-corrected chi connectivity index (χ2v) is 3.71. The standard InChI is InChI=1S/C11H15N3O/c1-2-12-9-5-6-10(13-7-9)11(15)14-8-3-4-8/h5-8,12H,2-4H2,1H3,(H,14,15). The van der Waals surface area contributed by atoms with Gasteiger partial charge in [-0.25, -0.2) is 4.98 Å². The zero-order valence-corrected chi connectivity index (χ0v) is 8.79. The first-order valence-corrected chi connectivity index (χ1v) is 5.30.